The van der Waals surface area contributed by atoms with Crippen molar-refractivity contribution in [2.24, 2.45) is 0 Å². The van der Waals surface area contributed by atoms with Gasteiger partial charge in [-0.05, 0) is 18.6 Å². The van der Waals surface area contributed by atoms with E-state index in [9.17, 15) is 14.1 Å². The lowest BCUT2D eigenvalue weighted by atomic mass is 10.2. The lowest BCUT2D eigenvalue weighted by Gasteiger charge is -2.13. The van der Waals surface area contributed by atoms with Crippen LogP contribution in [-0.4, -0.2) is 33.7 Å². The smallest absolute Gasteiger partial charge is 0.319 e. The van der Waals surface area contributed by atoms with E-state index in [0.717, 1.165) is 19.3 Å². The number of rotatable bonds is 6. The molecule has 1 aromatic rings. The minimum atomic E-state index is -1.59. The third kappa shape index (κ3) is 3.97. The van der Waals surface area contributed by atoms with Crippen molar-refractivity contribution in [3.63, 3.8) is 0 Å². The molecule has 1 N–H and O–H groups in total. The molecule has 2 rings (SSSR count). The van der Waals surface area contributed by atoms with Crippen LogP contribution in [0.3, 0.4) is 0 Å². The highest BCUT2D eigenvalue weighted by Gasteiger charge is 2.26. The number of hydrogen-bond acceptors (Lipinski definition) is 4. The quantitative estimate of drug-likeness (QED) is 0.874. The van der Waals surface area contributed by atoms with E-state index in [2.05, 4.69) is 0 Å². The van der Waals surface area contributed by atoms with Crippen molar-refractivity contribution in [1.82, 2.24) is 0 Å². The van der Waals surface area contributed by atoms with E-state index >= 15 is 0 Å². The summed E-state index contributed by atoms with van der Waals surface area (Å²) in [5.74, 6) is 0.139. The predicted octanol–water partition coefficient (Wildman–Crippen LogP) is 2.60. The first-order valence-corrected chi connectivity index (χ1v) is 8.37. The van der Waals surface area contributed by atoms with Crippen LogP contribution in [0.1, 0.15) is 32.6 Å². The van der Waals surface area contributed by atoms with Gasteiger partial charge in [-0.3, -0.25) is 9.00 Å². The lowest BCUT2D eigenvalue weighted by molar-refractivity contribution is -0.136. The molecule has 2 unspecified atom stereocenters. The fourth-order valence-corrected chi connectivity index (χ4v) is 3.46. The van der Waals surface area contributed by atoms with E-state index in [1.807, 2.05) is 6.92 Å². The second-order valence-electron chi connectivity index (χ2n) is 4.93. The highest BCUT2D eigenvalue weighted by Crippen LogP contribution is 2.32. The van der Waals surface area contributed by atoms with E-state index in [1.54, 1.807) is 18.2 Å². The number of carboxylic acids is 1. The van der Waals surface area contributed by atoms with E-state index in [-0.39, 0.29) is 0 Å². The predicted molar refractivity (Wildman–Crippen MR) is 79.4 cm³/mol. The Balaban J connectivity index is 2.21. The number of carbonyl (C=O) groups is 1. The van der Waals surface area contributed by atoms with Crippen molar-refractivity contribution < 1.29 is 23.6 Å². The van der Waals surface area contributed by atoms with Gasteiger partial charge in [0.25, 0.3) is 0 Å². The third-order valence-corrected chi connectivity index (χ3v) is 4.98. The van der Waals surface area contributed by atoms with E-state index in [0.29, 0.717) is 36.0 Å². The number of unbranched alkanes of at least 4 members (excludes halogenated alkanes) is 1. The summed E-state index contributed by atoms with van der Waals surface area (Å²) < 4.78 is 23.6. The number of carboxylic acid groups (broad SMARTS) is 1. The summed E-state index contributed by atoms with van der Waals surface area (Å²) in [5, 5.41) is 8.39. The topological polar surface area (TPSA) is 72.8 Å². The molecule has 0 saturated heterocycles. The molecule has 116 valence electrons. The standard InChI is InChI=1S/C15H20O5S/c1-2-3-5-14(15(16)17)21(18)11-6-7-12-13(10-11)20-9-4-8-19-12/h6-7,10,14H,2-5,8-9H2,1H3,(H,16,17). The summed E-state index contributed by atoms with van der Waals surface area (Å²) in [6, 6.07) is 5.00. The Kier molecular flexibility index (Phi) is 5.61. The zero-order valence-electron chi connectivity index (χ0n) is 12.0. The zero-order valence-corrected chi connectivity index (χ0v) is 12.9. The number of ether oxygens (including phenoxy) is 2. The Morgan fingerprint density at radius 1 is 1.33 bits per heavy atom. The van der Waals surface area contributed by atoms with Gasteiger partial charge in [-0.2, -0.15) is 0 Å². The van der Waals surface area contributed by atoms with Crippen LogP contribution in [0.4, 0.5) is 0 Å². The molecule has 0 fully saturated rings. The summed E-state index contributed by atoms with van der Waals surface area (Å²) in [7, 11) is -1.59. The molecule has 5 nitrogen and oxygen atoms in total. The second kappa shape index (κ2) is 7.45. The molecular weight excluding hydrogens is 292 g/mol. The maximum Gasteiger partial charge on any atom is 0.319 e. The first-order valence-electron chi connectivity index (χ1n) is 7.16. The highest BCUT2D eigenvalue weighted by molar-refractivity contribution is 7.86. The monoisotopic (exact) mass is 312 g/mol. The molecule has 0 amide bonds. The molecule has 0 aromatic heterocycles. The van der Waals surface area contributed by atoms with Gasteiger partial charge in [-0.25, -0.2) is 0 Å². The molecular formula is C15H20O5S. The molecule has 6 heteroatoms. The van der Waals surface area contributed by atoms with Gasteiger partial charge in [0.15, 0.2) is 11.5 Å². The molecule has 1 heterocycles. The highest BCUT2D eigenvalue weighted by atomic mass is 32.2. The van der Waals surface area contributed by atoms with Gasteiger partial charge in [0, 0.05) is 17.4 Å². The first-order chi connectivity index (χ1) is 10.1. The van der Waals surface area contributed by atoms with Gasteiger partial charge in [0.05, 0.1) is 24.0 Å². The third-order valence-electron chi connectivity index (χ3n) is 3.31. The van der Waals surface area contributed by atoms with Gasteiger partial charge in [0.2, 0.25) is 0 Å². The van der Waals surface area contributed by atoms with Crippen LogP contribution in [0.15, 0.2) is 23.1 Å². The molecule has 0 spiro atoms. The minimum absolute atomic E-state index is 0.410. The van der Waals surface area contributed by atoms with Crippen LogP contribution < -0.4 is 9.47 Å². The van der Waals surface area contributed by atoms with Crippen molar-refractivity contribution in [2.45, 2.75) is 42.8 Å². The summed E-state index contributed by atoms with van der Waals surface area (Å²) in [4.78, 5) is 11.8. The van der Waals surface area contributed by atoms with Gasteiger partial charge in [-0.1, -0.05) is 19.8 Å². The van der Waals surface area contributed by atoms with Gasteiger partial charge >= 0.3 is 5.97 Å². The Morgan fingerprint density at radius 2 is 2.05 bits per heavy atom. The maximum atomic E-state index is 12.5. The summed E-state index contributed by atoms with van der Waals surface area (Å²) >= 11 is 0. The van der Waals surface area contributed by atoms with Gasteiger partial charge < -0.3 is 14.6 Å². The van der Waals surface area contributed by atoms with E-state index in [4.69, 9.17) is 9.47 Å². The van der Waals surface area contributed by atoms with Crippen LogP contribution in [0.25, 0.3) is 0 Å². The molecule has 21 heavy (non-hydrogen) atoms. The van der Waals surface area contributed by atoms with Crippen LogP contribution in [-0.2, 0) is 15.6 Å². The maximum absolute atomic E-state index is 12.5. The SMILES string of the molecule is CCCCC(C(=O)O)S(=O)c1ccc2c(c1)OCCCO2. The number of fused-ring (bicyclic) bond motifs is 1. The van der Waals surface area contributed by atoms with Crippen molar-refractivity contribution in [1.29, 1.82) is 0 Å². The van der Waals surface area contributed by atoms with Crippen LogP contribution >= 0.6 is 0 Å². The van der Waals surface area contributed by atoms with E-state index in [1.165, 1.54) is 0 Å². The van der Waals surface area contributed by atoms with Crippen molar-refractivity contribution >= 4 is 16.8 Å². The molecule has 0 bridgehead atoms. The number of hydrogen-bond donors (Lipinski definition) is 1. The van der Waals surface area contributed by atoms with Crippen LogP contribution in [0.2, 0.25) is 0 Å². The Hall–Kier alpha value is -1.56. The van der Waals surface area contributed by atoms with Gasteiger partial charge in [0.1, 0.15) is 5.25 Å². The molecule has 2 atom stereocenters. The molecule has 1 aromatic carbocycles. The van der Waals surface area contributed by atoms with E-state index < -0.39 is 22.0 Å². The fourth-order valence-electron chi connectivity index (χ4n) is 2.14. The second-order valence-corrected chi connectivity index (χ2v) is 6.56. The van der Waals surface area contributed by atoms with Crippen molar-refractivity contribution in [2.75, 3.05) is 13.2 Å². The Morgan fingerprint density at radius 3 is 2.71 bits per heavy atom. The molecule has 0 saturated carbocycles. The number of aliphatic carboxylic acids is 1. The molecule has 1 aliphatic rings. The first kappa shape index (κ1) is 15.8. The largest absolute Gasteiger partial charge is 0.490 e. The average Bonchev–Trinajstić information content (AvgIpc) is 2.71. The number of benzene rings is 1. The summed E-state index contributed by atoms with van der Waals surface area (Å²) in [6.45, 7) is 3.11. The van der Waals surface area contributed by atoms with Crippen LogP contribution in [0.5, 0.6) is 11.5 Å². The Labute approximate surface area is 126 Å². The van der Waals surface area contributed by atoms with Crippen LogP contribution in [0, 0.1) is 0 Å². The fraction of sp³-hybridized carbons (Fsp3) is 0.533. The molecule has 0 aliphatic carbocycles. The summed E-state index contributed by atoms with van der Waals surface area (Å²) in [6.07, 6.45) is 2.82. The molecule has 0 radical (unpaired) electrons. The zero-order chi connectivity index (χ0) is 15.2. The Bertz CT molecular complexity index is 529. The molecule has 1 aliphatic heterocycles. The lowest BCUT2D eigenvalue weighted by Crippen LogP contribution is -2.25. The van der Waals surface area contributed by atoms with Crippen molar-refractivity contribution in [3.05, 3.63) is 18.2 Å². The van der Waals surface area contributed by atoms with Crippen molar-refractivity contribution in [3.8, 4) is 11.5 Å². The summed E-state index contributed by atoms with van der Waals surface area (Å²) in [5.41, 5.74) is 0. The average molecular weight is 312 g/mol. The van der Waals surface area contributed by atoms with Gasteiger partial charge in [-0.15, -0.1) is 0 Å². The minimum Gasteiger partial charge on any atom is -0.490 e. The normalized spacial score (nSPS) is 16.8.